The van der Waals surface area contributed by atoms with E-state index in [1.54, 1.807) is 0 Å². The minimum atomic E-state index is -0.288. The quantitative estimate of drug-likeness (QED) is 0.195. The normalized spacial score (nSPS) is 16.4. The number of para-hydroxylation sites is 1. The summed E-state index contributed by atoms with van der Waals surface area (Å²) in [5.41, 5.74) is 9.08. The van der Waals surface area contributed by atoms with Gasteiger partial charge < -0.3 is 14.2 Å². The van der Waals surface area contributed by atoms with Gasteiger partial charge in [0.2, 0.25) is 0 Å². The van der Waals surface area contributed by atoms with Crippen molar-refractivity contribution in [1.29, 1.82) is 0 Å². The molecule has 1 aliphatic heterocycles. The van der Waals surface area contributed by atoms with Crippen LogP contribution < -0.4 is 10.6 Å². The largest absolute Gasteiger partial charge is 0.456 e. The van der Waals surface area contributed by atoms with E-state index in [0.717, 1.165) is 66.4 Å². The van der Waals surface area contributed by atoms with Gasteiger partial charge in [-0.15, -0.1) is 11.3 Å². The fourth-order valence-corrected chi connectivity index (χ4v) is 8.99. The lowest BCUT2D eigenvalue weighted by molar-refractivity contribution is 0.409. The number of fused-ring (bicyclic) bond motifs is 9. The third-order valence-electron chi connectivity index (χ3n) is 10.2. The minimum Gasteiger partial charge on any atom is -0.456 e. The van der Waals surface area contributed by atoms with Gasteiger partial charge in [0.05, 0.1) is 0 Å². The monoisotopic (exact) mass is 675 g/mol. The number of amidine groups is 1. The molecule has 0 bridgehead atoms. The fraction of sp³-hybridized carbons (Fsp3) is 0.0444. The summed E-state index contributed by atoms with van der Waals surface area (Å²) in [5, 5.41) is 14.5. The highest BCUT2D eigenvalue weighted by molar-refractivity contribution is 7.26. The van der Waals surface area contributed by atoms with Gasteiger partial charge in [-0.05, 0) is 53.1 Å². The van der Waals surface area contributed by atoms with E-state index in [4.69, 9.17) is 13.8 Å². The van der Waals surface area contributed by atoms with Crippen LogP contribution in [0.3, 0.4) is 0 Å². The predicted molar refractivity (Wildman–Crippen MR) is 210 cm³/mol. The molecule has 0 amide bonds. The van der Waals surface area contributed by atoms with Crippen molar-refractivity contribution in [3.05, 3.63) is 168 Å². The van der Waals surface area contributed by atoms with Crippen LogP contribution in [0.15, 0.2) is 165 Å². The first-order chi connectivity index (χ1) is 25.2. The van der Waals surface area contributed by atoms with Gasteiger partial charge in [-0.25, -0.2) is 4.99 Å². The van der Waals surface area contributed by atoms with Gasteiger partial charge in [0.25, 0.3) is 0 Å². The van der Waals surface area contributed by atoms with E-state index in [9.17, 15) is 0 Å². The summed E-state index contributed by atoms with van der Waals surface area (Å²) in [6, 6.07) is 53.2. The van der Waals surface area contributed by atoms with Crippen LogP contribution in [-0.2, 0) is 0 Å². The SMILES string of the molecule is c1ccc(C2=NC(c3ccc4oc5ccccc5c4c3)NC(c3ccc4c(c3)oc3cccc(-c5cccc6c5sc5ccccc56)c34)N2)cc1. The summed E-state index contributed by atoms with van der Waals surface area (Å²) in [6.07, 6.45) is -0.506. The lowest BCUT2D eigenvalue weighted by atomic mass is 9.97. The number of nitrogens with one attached hydrogen (secondary N) is 2. The average molecular weight is 676 g/mol. The Morgan fingerprint density at radius 2 is 1.24 bits per heavy atom. The molecule has 0 aliphatic carbocycles. The van der Waals surface area contributed by atoms with Gasteiger partial charge in [0, 0.05) is 52.8 Å². The summed E-state index contributed by atoms with van der Waals surface area (Å²) in [4.78, 5) is 5.19. The van der Waals surface area contributed by atoms with Crippen molar-refractivity contribution in [1.82, 2.24) is 10.6 Å². The summed E-state index contributed by atoms with van der Waals surface area (Å²) in [6.45, 7) is 0. The summed E-state index contributed by atoms with van der Waals surface area (Å²) >= 11 is 1.86. The molecule has 0 spiro atoms. The maximum absolute atomic E-state index is 6.63. The Hall–Kier alpha value is -6.21. The first-order valence-corrected chi connectivity index (χ1v) is 18.0. The van der Waals surface area contributed by atoms with Gasteiger partial charge in [-0.3, -0.25) is 5.32 Å². The zero-order valence-electron chi connectivity index (χ0n) is 27.3. The van der Waals surface area contributed by atoms with E-state index < -0.39 is 0 Å². The first-order valence-electron chi connectivity index (χ1n) is 17.2. The number of thiophene rings is 1. The zero-order valence-corrected chi connectivity index (χ0v) is 28.1. The van der Waals surface area contributed by atoms with Crippen molar-refractivity contribution in [2.24, 2.45) is 4.99 Å². The second-order valence-electron chi connectivity index (χ2n) is 13.2. The molecule has 0 saturated carbocycles. The van der Waals surface area contributed by atoms with Crippen molar-refractivity contribution >= 4 is 81.2 Å². The van der Waals surface area contributed by atoms with Crippen LogP contribution in [0.4, 0.5) is 0 Å². The molecule has 2 N–H and O–H groups in total. The minimum absolute atomic E-state index is 0.219. The van der Waals surface area contributed by atoms with Gasteiger partial charge in [0.1, 0.15) is 40.5 Å². The van der Waals surface area contributed by atoms with Crippen molar-refractivity contribution in [3.63, 3.8) is 0 Å². The van der Waals surface area contributed by atoms with Crippen LogP contribution in [0.1, 0.15) is 29.0 Å². The number of hydrogen-bond acceptors (Lipinski definition) is 6. The van der Waals surface area contributed by atoms with Crippen molar-refractivity contribution in [2.45, 2.75) is 12.3 Å². The van der Waals surface area contributed by atoms with Gasteiger partial charge in [-0.2, -0.15) is 0 Å². The molecule has 2 atom stereocenters. The third-order valence-corrected chi connectivity index (χ3v) is 11.4. The van der Waals surface area contributed by atoms with Crippen LogP contribution in [0.5, 0.6) is 0 Å². The molecule has 3 aromatic heterocycles. The molecule has 11 rings (SSSR count). The molecular formula is C45H29N3O2S. The Bertz CT molecular complexity index is 3010. The molecule has 2 unspecified atom stereocenters. The molecule has 0 radical (unpaired) electrons. The summed E-state index contributed by atoms with van der Waals surface area (Å²) < 4.78 is 15.4. The first kappa shape index (κ1) is 28.6. The maximum Gasteiger partial charge on any atom is 0.136 e. The highest BCUT2D eigenvalue weighted by Gasteiger charge is 2.27. The Balaban J connectivity index is 1.02. The van der Waals surface area contributed by atoms with E-state index in [1.807, 2.05) is 41.7 Å². The molecule has 7 aromatic carbocycles. The Labute approximate surface area is 296 Å². The molecule has 4 heterocycles. The number of rotatable bonds is 4. The molecule has 51 heavy (non-hydrogen) atoms. The molecule has 5 nitrogen and oxygen atoms in total. The number of hydrogen-bond donors (Lipinski definition) is 2. The summed E-state index contributed by atoms with van der Waals surface area (Å²) in [5.74, 6) is 0.838. The van der Waals surface area contributed by atoms with E-state index in [0.29, 0.717) is 0 Å². The predicted octanol–water partition coefficient (Wildman–Crippen LogP) is 11.9. The topological polar surface area (TPSA) is 62.7 Å². The van der Waals surface area contributed by atoms with Crippen LogP contribution in [0.2, 0.25) is 0 Å². The molecule has 0 saturated heterocycles. The second-order valence-corrected chi connectivity index (χ2v) is 14.2. The van der Waals surface area contributed by atoms with Crippen LogP contribution in [0.25, 0.3) is 75.2 Å². The maximum atomic E-state index is 6.63. The van der Waals surface area contributed by atoms with Crippen LogP contribution in [0, 0.1) is 0 Å². The Morgan fingerprint density at radius 1 is 0.510 bits per heavy atom. The zero-order chi connectivity index (χ0) is 33.5. The van der Waals surface area contributed by atoms with E-state index >= 15 is 0 Å². The second kappa shape index (κ2) is 11.2. The molecule has 242 valence electrons. The van der Waals surface area contributed by atoms with E-state index in [-0.39, 0.29) is 12.3 Å². The molecule has 1 aliphatic rings. The smallest absolute Gasteiger partial charge is 0.136 e. The van der Waals surface area contributed by atoms with Gasteiger partial charge in [0.15, 0.2) is 0 Å². The Kier molecular flexibility index (Phi) is 6.26. The number of nitrogens with zero attached hydrogens (tertiary/aromatic N) is 1. The molecule has 0 fully saturated rings. The fourth-order valence-electron chi connectivity index (χ4n) is 7.76. The number of furan rings is 2. The lowest BCUT2D eigenvalue weighted by Gasteiger charge is -2.32. The molecule has 10 aromatic rings. The van der Waals surface area contributed by atoms with Crippen molar-refractivity contribution in [3.8, 4) is 11.1 Å². The standard InChI is InChI=1S/C45H29N3O2S/c1-2-10-26(11-3-1)43-46-44(27-21-23-37-35(24-27)29-12-4-6-17-36(29)49-37)48-45(47-43)28-20-22-34-39(25-28)50-38-18-9-14-31(41(34)38)33-16-8-15-32-30-13-5-7-19-40(30)51-42(32)33/h1-25,44-45,48H,(H,46,47). The van der Waals surface area contributed by atoms with Gasteiger partial charge >= 0.3 is 0 Å². The van der Waals surface area contributed by atoms with Crippen molar-refractivity contribution < 1.29 is 8.83 Å². The lowest BCUT2D eigenvalue weighted by Crippen LogP contribution is -2.44. The van der Waals surface area contributed by atoms with Crippen LogP contribution in [-0.4, -0.2) is 5.84 Å². The third kappa shape index (κ3) is 4.54. The Morgan fingerprint density at radius 3 is 2.18 bits per heavy atom. The highest BCUT2D eigenvalue weighted by atomic mass is 32.1. The number of benzene rings is 7. The van der Waals surface area contributed by atoms with E-state index in [1.165, 1.54) is 31.3 Å². The molecular weight excluding hydrogens is 647 g/mol. The van der Waals surface area contributed by atoms with Crippen LogP contribution >= 0.6 is 11.3 Å². The van der Waals surface area contributed by atoms with Gasteiger partial charge in [-0.1, -0.05) is 115 Å². The van der Waals surface area contributed by atoms with Crippen molar-refractivity contribution in [2.75, 3.05) is 0 Å². The van der Waals surface area contributed by atoms with E-state index in [2.05, 4.69) is 132 Å². The number of aliphatic imine (C=N–C) groups is 1. The summed E-state index contributed by atoms with van der Waals surface area (Å²) in [7, 11) is 0. The molecule has 6 heteroatoms. The highest BCUT2D eigenvalue weighted by Crippen LogP contribution is 2.44. The average Bonchev–Trinajstić information content (AvgIpc) is 3.88.